The average Bonchev–Trinajstić information content (AvgIpc) is 2.71. The van der Waals surface area contributed by atoms with Gasteiger partial charge in [-0.25, -0.2) is 0 Å². The van der Waals surface area contributed by atoms with Crippen LogP contribution in [0.15, 0.2) is 42.5 Å². The summed E-state index contributed by atoms with van der Waals surface area (Å²) in [6.45, 7) is -0.368. The Morgan fingerprint density at radius 2 is 1.57 bits per heavy atom. The molecule has 0 unspecified atom stereocenters. The van der Waals surface area contributed by atoms with Crippen molar-refractivity contribution in [3.63, 3.8) is 0 Å². The van der Waals surface area contributed by atoms with Gasteiger partial charge in [0.05, 0.1) is 19.9 Å². The van der Waals surface area contributed by atoms with E-state index in [1.165, 1.54) is 20.3 Å². The number of rotatable bonds is 6. The Bertz CT molecular complexity index is 857. The van der Waals surface area contributed by atoms with Crippen molar-refractivity contribution >= 4 is 35.0 Å². The normalized spacial score (nSPS) is 9.82. The van der Waals surface area contributed by atoms with Crippen LogP contribution in [0.25, 0.3) is 0 Å². The van der Waals surface area contributed by atoms with Crippen molar-refractivity contribution in [3.05, 3.63) is 47.5 Å². The van der Waals surface area contributed by atoms with Crippen LogP contribution in [-0.4, -0.2) is 38.5 Å². The van der Waals surface area contributed by atoms with Crippen molar-refractivity contribution in [2.75, 3.05) is 26.1 Å². The molecule has 0 saturated heterocycles. The molecule has 0 atom stereocenters. The van der Waals surface area contributed by atoms with E-state index in [1.807, 2.05) is 5.43 Å². The maximum absolute atomic E-state index is 12.0. The summed E-state index contributed by atoms with van der Waals surface area (Å²) in [7, 11) is 2.88. The second kappa shape index (κ2) is 10.0. The average molecular weight is 408 g/mol. The topological polar surface area (TPSA) is 115 Å². The van der Waals surface area contributed by atoms with E-state index in [-0.39, 0.29) is 12.3 Å². The predicted molar refractivity (Wildman–Crippen MR) is 101 cm³/mol. The number of methoxy groups -OCH3 is 2. The minimum Gasteiger partial charge on any atom is -0.497 e. The van der Waals surface area contributed by atoms with Crippen LogP contribution in [0.4, 0.5) is 5.69 Å². The number of ether oxygens (including phenoxy) is 3. The van der Waals surface area contributed by atoms with Gasteiger partial charge in [-0.15, -0.1) is 0 Å². The van der Waals surface area contributed by atoms with Crippen LogP contribution < -0.4 is 30.4 Å². The fourth-order valence-corrected chi connectivity index (χ4v) is 2.12. The molecule has 0 heterocycles. The number of benzene rings is 2. The quantitative estimate of drug-likeness (QED) is 0.494. The van der Waals surface area contributed by atoms with E-state index in [4.69, 9.17) is 25.8 Å². The Morgan fingerprint density at radius 3 is 2.21 bits per heavy atom. The minimum atomic E-state index is -1.08. The molecule has 9 nitrogen and oxygen atoms in total. The molecule has 2 aromatic carbocycles. The lowest BCUT2D eigenvalue weighted by Crippen LogP contribution is -2.48. The lowest BCUT2D eigenvalue weighted by Gasteiger charge is -2.12. The Hall–Kier alpha value is -3.46. The highest BCUT2D eigenvalue weighted by atomic mass is 35.5. The molecule has 0 fully saturated rings. The molecule has 2 aromatic rings. The van der Waals surface area contributed by atoms with Crippen molar-refractivity contribution in [1.29, 1.82) is 0 Å². The predicted octanol–water partition coefficient (Wildman–Crippen LogP) is 1.52. The molecular formula is C18H18ClN3O6. The van der Waals surface area contributed by atoms with E-state index in [9.17, 15) is 14.4 Å². The number of carbonyl (C=O) groups excluding carboxylic acids is 3. The standard InChI is InChI=1S/C18H18ClN3O6/c1-26-13-7-8-15(27-2)14(9-13)20-17(24)18(25)22-21-16(23)10-28-12-5-3-11(19)4-6-12/h3-9H,10H2,1-2H3,(H,20,24)(H,21,23)(H,22,25). The van der Waals surface area contributed by atoms with Crippen molar-refractivity contribution in [1.82, 2.24) is 10.9 Å². The molecule has 3 amide bonds. The number of hydrogen-bond donors (Lipinski definition) is 3. The van der Waals surface area contributed by atoms with Gasteiger partial charge >= 0.3 is 11.8 Å². The van der Waals surface area contributed by atoms with E-state index in [0.29, 0.717) is 22.3 Å². The molecule has 3 N–H and O–H groups in total. The highest BCUT2D eigenvalue weighted by Crippen LogP contribution is 2.28. The first-order valence-corrected chi connectivity index (χ1v) is 8.31. The highest BCUT2D eigenvalue weighted by Gasteiger charge is 2.17. The van der Waals surface area contributed by atoms with Gasteiger partial charge in [-0.2, -0.15) is 0 Å². The maximum atomic E-state index is 12.0. The second-order valence-corrected chi connectivity index (χ2v) is 5.70. The number of hydrogen-bond acceptors (Lipinski definition) is 6. The third-order valence-corrected chi connectivity index (χ3v) is 3.61. The van der Waals surface area contributed by atoms with Crippen LogP contribution in [0.5, 0.6) is 17.2 Å². The van der Waals surface area contributed by atoms with E-state index >= 15 is 0 Å². The monoisotopic (exact) mass is 407 g/mol. The van der Waals surface area contributed by atoms with Gasteiger partial charge in [0, 0.05) is 11.1 Å². The number of nitrogens with one attached hydrogen (secondary N) is 3. The van der Waals surface area contributed by atoms with Crippen LogP contribution in [0.2, 0.25) is 5.02 Å². The highest BCUT2D eigenvalue weighted by molar-refractivity contribution is 6.39. The summed E-state index contributed by atoms with van der Waals surface area (Å²) in [6.07, 6.45) is 0. The largest absolute Gasteiger partial charge is 0.497 e. The van der Waals surface area contributed by atoms with Crippen LogP contribution in [0, 0.1) is 0 Å². The fourth-order valence-electron chi connectivity index (χ4n) is 1.99. The summed E-state index contributed by atoms with van der Waals surface area (Å²) in [6, 6.07) is 11.1. The van der Waals surface area contributed by atoms with Gasteiger partial charge in [-0.3, -0.25) is 25.2 Å². The van der Waals surface area contributed by atoms with E-state index in [1.54, 1.807) is 36.4 Å². The summed E-state index contributed by atoms with van der Waals surface area (Å²) in [4.78, 5) is 35.5. The van der Waals surface area contributed by atoms with Crippen molar-refractivity contribution in [2.45, 2.75) is 0 Å². The molecule has 0 aromatic heterocycles. The van der Waals surface area contributed by atoms with Gasteiger partial charge in [0.25, 0.3) is 5.91 Å². The molecule has 10 heteroatoms. The van der Waals surface area contributed by atoms with Crippen LogP contribution in [0.3, 0.4) is 0 Å². The molecule has 0 spiro atoms. The van der Waals surface area contributed by atoms with Crippen molar-refractivity contribution < 1.29 is 28.6 Å². The van der Waals surface area contributed by atoms with Crippen LogP contribution >= 0.6 is 11.6 Å². The Balaban J connectivity index is 1.83. The lowest BCUT2D eigenvalue weighted by atomic mass is 10.2. The zero-order valence-corrected chi connectivity index (χ0v) is 15.8. The number of amides is 3. The van der Waals surface area contributed by atoms with Gasteiger partial charge < -0.3 is 19.5 Å². The molecular weight excluding hydrogens is 390 g/mol. The lowest BCUT2D eigenvalue weighted by molar-refractivity contribution is -0.138. The molecule has 0 saturated carbocycles. The van der Waals surface area contributed by atoms with E-state index in [2.05, 4.69) is 10.7 Å². The fraction of sp³-hybridized carbons (Fsp3) is 0.167. The van der Waals surface area contributed by atoms with Gasteiger partial charge in [0.2, 0.25) is 0 Å². The molecule has 0 radical (unpaired) electrons. The third-order valence-electron chi connectivity index (χ3n) is 3.36. The van der Waals surface area contributed by atoms with Gasteiger partial charge in [-0.05, 0) is 36.4 Å². The number of hydrazine groups is 1. The summed E-state index contributed by atoms with van der Waals surface area (Å²) in [5.41, 5.74) is 4.30. The number of anilines is 1. The summed E-state index contributed by atoms with van der Waals surface area (Å²) in [5.74, 6) is -1.52. The summed E-state index contributed by atoms with van der Waals surface area (Å²) in [5, 5.41) is 2.90. The van der Waals surface area contributed by atoms with E-state index in [0.717, 1.165) is 0 Å². The molecule has 148 valence electrons. The Labute approximate surface area is 165 Å². The maximum Gasteiger partial charge on any atom is 0.328 e. The number of carbonyl (C=O) groups is 3. The molecule has 0 aliphatic heterocycles. The van der Waals surface area contributed by atoms with Crippen LogP contribution in [-0.2, 0) is 14.4 Å². The summed E-state index contributed by atoms with van der Waals surface area (Å²) >= 11 is 5.75. The van der Waals surface area contributed by atoms with Crippen molar-refractivity contribution in [3.8, 4) is 17.2 Å². The first kappa shape index (κ1) is 20.8. The third kappa shape index (κ3) is 6.06. The SMILES string of the molecule is COc1ccc(OC)c(NC(=O)C(=O)NNC(=O)COc2ccc(Cl)cc2)c1. The van der Waals surface area contributed by atoms with Crippen LogP contribution in [0.1, 0.15) is 0 Å². The second-order valence-electron chi connectivity index (χ2n) is 5.27. The van der Waals surface area contributed by atoms with Gasteiger partial charge in [-0.1, -0.05) is 11.6 Å². The first-order valence-electron chi connectivity index (χ1n) is 7.93. The minimum absolute atomic E-state index is 0.236. The summed E-state index contributed by atoms with van der Waals surface area (Å²) < 4.78 is 15.4. The van der Waals surface area contributed by atoms with Gasteiger partial charge in [0.1, 0.15) is 17.2 Å². The Morgan fingerprint density at radius 1 is 0.893 bits per heavy atom. The molecule has 2 rings (SSSR count). The van der Waals surface area contributed by atoms with Crippen molar-refractivity contribution in [2.24, 2.45) is 0 Å². The van der Waals surface area contributed by atoms with Gasteiger partial charge in [0.15, 0.2) is 6.61 Å². The molecule has 28 heavy (non-hydrogen) atoms. The Kier molecular flexibility index (Phi) is 7.46. The molecule has 0 aliphatic carbocycles. The first-order chi connectivity index (χ1) is 13.4. The zero-order chi connectivity index (χ0) is 20.5. The molecule has 0 bridgehead atoms. The zero-order valence-electron chi connectivity index (χ0n) is 15.1. The number of halogens is 1. The van der Waals surface area contributed by atoms with E-state index < -0.39 is 17.7 Å². The smallest absolute Gasteiger partial charge is 0.328 e. The molecule has 0 aliphatic rings.